The van der Waals surface area contributed by atoms with Gasteiger partial charge in [-0.2, -0.15) is 8.42 Å². The van der Waals surface area contributed by atoms with Crippen LogP contribution in [-0.2, 0) is 10.4 Å². The summed E-state index contributed by atoms with van der Waals surface area (Å²) < 4.78 is 31.6. The molecule has 7 heteroatoms. The van der Waals surface area contributed by atoms with E-state index in [1.807, 2.05) is 0 Å². The molecule has 0 aliphatic carbocycles. The van der Waals surface area contributed by atoms with Crippen LogP contribution in [0.1, 0.15) is 0 Å². The van der Waals surface area contributed by atoms with Crippen molar-refractivity contribution in [2.24, 2.45) is 11.5 Å². The molecule has 0 spiro atoms. The van der Waals surface area contributed by atoms with E-state index in [-0.39, 0.29) is 0 Å². The maximum atomic E-state index is 8.74. The van der Waals surface area contributed by atoms with Gasteiger partial charge in [-0.05, 0) is 11.8 Å². The third-order valence-electron chi connectivity index (χ3n) is 0.443. The predicted octanol–water partition coefficient (Wildman–Crippen LogP) is -1.74. The van der Waals surface area contributed by atoms with E-state index < -0.39 is 10.4 Å². The monoisotopic (exact) mass is 206 g/mol. The molecule has 0 heterocycles. The minimum Gasteiger partial charge on any atom is -0.320 e. The summed E-state index contributed by atoms with van der Waals surface area (Å²) in [7, 11) is -4.67. The van der Waals surface area contributed by atoms with Crippen molar-refractivity contribution in [2.45, 2.75) is 0 Å². The Bertz CT molecular complexity index is 299. The highest BCUT2D eigenvalue weighted by molar-refractivity contribution is 7.79. The van der Waals surface area contributed by atoms with Crippen molar-refractivity contribution in [3.63, 3.8) is 0 Å². The molecule has 6 N–H and O–H groups in total. The highest BCUT2D eigenvalue weighted by atomic mass is 32.3. The van der Waals surface area contributed by atoms with Gasteiger partial charge in [0, 0.05) is 0 Å². The predicted molar refractivity (Wildman–Crippen MR) is 47.8 cm³/mol. The minimum absolute atomic E-state index is 0.360. The molecule has 0 aliphatic rings. The van der Waals surface area contributed by atoms with Crippen LogP contribution in [0, 0.1) is 23.7 Å². The Morgan fingerprint density at radius 2 is 1.23 bits per heavy atom. The molecule has 0 atom stereocenters. The van der Waals surface area contributed by atoms with Crippen molar-refractivity contribution < 1.29 is 17.5 Å². The zero-order chi connectivity index (χ0) is 10.7. The van der Waals surface area contributed by atoms with Crippen molar-refractivity contribution in [1.29, 1.82) is 0 Å². The Kier molecular flexibility index (Phi) is 10.00. The van der Waals surface area contributed by atoms with Gasteiger partial charge in [0.05, 0.1) is 13.1 Å². The Morgan fingerprint density at radius 1 is 1.00 bits per heavy atom. The van der Waals surface area contributed by atoms with Crippen LogP contribution in [0.15, 0.2) is 0 Å². The van der Waals surface area contributed by atoms with Crippen LogP contribution in [0.4, 0.5) is 0 Å². The van der Waals surface area contributed by atoms with Crippen LogP contribution in [0.3, 0.4) is 0 Å². The Balaban J connectivity index is 0. The summed E-state index contributed by atoms with van der Waals surface area (Å²) in [6.45, 7) is 0.721. The molecule has 0 saturated heterocycles. The van der Waals surface area contributed by atoms with Gasteiger partial charge in [-0.3, -0.25) is 9.11 Å². The third kappa shape index (κ3) is 56.7. The number of nitrogens with two attached hydrogens (primary N) is 2. The standard InChI is InChI=1S/C6H8N2.H2O4S/c7-5-3-1-2-4-6-8;1-5(2,3)4/h5-8H2;(H2,1,2,3,4). The molecule has 0 fully saturated rings. The molecule has 0 unspecified atom stereocenters. The van der Waals surface area contributed by atoms with Crippen molar-refractivity contribution >= 4 is 10.4 Å². The van der Waals surface area contributed by atoms with E-state index in [4.69, 9.17) is 29.0 Å². The van der Waals surface area contributed by atoms with E-state index in [0.29, 0.717) is 13.1 Å². The molecule has 0 aromatic carbocycles. The maximum absolute atomic E-state index is 8.74. The first-order valence-corrected chi connectivity index (χ1v) is 4.37. The van der Waals surface area contributed by atoms with E-state index in [0.717, 1.165) is 0 Å². The molecule has 0 radical (unpaired) electrons. The average molecular weight is 206 g/mol. The van der Waals surface area contributed by atoms with Gasteiger partial charge < -0.3 is 11.5 Å². The van der Waals surface area contributed by atoms with Gasteiger partial charge in [0.15, 0.2) is 0 Å². The molecule has 0 saturated carbocycles. The molecule has 74 valence electrons. The summed E-state index contributed by atoms with van der Waals surface area (Å²) in [6, 6.07) is 0. The molecular weight excluding hydrogens is 196 g/mol. The summed E-state index contributed by atoms with van der Waals surface area (Å²) in [5.74, 6) is 10.2. The molecule has 0 bridgehead atoms. The summed E-state index contributed by atoms with van der Waals surface area (Å²) in [5.41, 5.74) is 10.1. The second-order valence-corrected chi connectivity index (χ2v) is 2.36. The minimum atomic E-state index is -4.67. The number of hydrogen-bond acceptors (Lipinski definition) is 4. The van der Waals surface area contributed by atoms with Crippen molar-refractivity contribution in [3.05, 3.63) is 0 Å². The van der Waals surface area contributed by atoms with Crippen molar-refractivity contribution in [3.8, 4) is 23.7 Å². The van der Waals surface area contributed by atoms with E-state index in [9.17, 15) is 0 Å². The van der Waals surface area contributed by atoms with Gasteiger partial charge >= 0.3 is 10.4 Å². The lowest BCUT2D eigenvalue weighted by Gasteiger charge is -1.68. The second-order valence-electron chi connectivity index (χ2n) is 1.46. The second kappa shape index (κ2) is 9.00. The zero-order valence-electron chi connectivity index (χ0n) is 6.69. The molecule has 13 heavy (non-hydrogen) atoms. The van der Waals surface area contributed by atoms with Crippen LogP contribution in [0.5, 0.6) is 0 Å². The fourth-order valence-corrected chi connectivity index (χ4v) is 0.190. The highest BCUT2D eigenvalue weighted by Crippen LogP contribution is 1.59. The zero-order valence-corrected chi connectivity index (χ0v) is 7.50. The van der Waals surface area contributed by atoms with E-state index in [1.165, 1.54) is 0 Å². The van der Waals surface area contributed by atoms with Gasteiger partial charge in [0.2, 0.25) is 0 Å². The van der Waals surface area contributed by atoms with Crippen LogP contribution in [0.25, 0.3) is 0 Å². The van der Waals surface area contributed by atoms with Gasteiger partial charge in [-0.25, -0.2) is 0 Å². The molecule has 6 nitrogen and oxygen atoms in total. The molecule has 0 amide bonds. The van der Waals surface area contributed by atoms with Gasteiger partial charge in [0.1, 0.15) is 0 Å². The average Bonchev–Trinajstić information content (AvgIpc) is 1.95. The van der Waals surface area contributed by atoms with Crippen molar-refractivity contribution in [1.82, 2.24) is 0 Å². The number of hydrogen-bond donors (Lipinski definition) is 4. The van der Waals surface area contributed by atoms with Gasteiger partial charge in [0.25, 0.3) is 0 Å². The third-order valence-corrected chi connectivity index (χ3v) is 0.443. The Morgan fingerprint density at radius 3 is 1.38 bits per heavy atom. The first kappa shape index (κ1) is 14.4. The largest absolute Gasteiger partial charge is 0.394 e. The Labute approximate surface area is 76.9 Å². The van der Waals surface area contributed by atoms with E-state index in [2.05, 4.69) is 23.7 Å². The fraction of sp³-hybridized carbons (Fsp3) is 0.333. The quantitative estimate of drug-likeness (QED) is 0.275. The Hall–Kier alpha value is -1.09. The van der Waals surface area contributed by atoms with Crippen LogP contribution < -0.4 is 11.5 Å². The lowest BCUT2D eigenvalue weighted by molar-refractivity contribution is 0.381. The van der Waals surface area contributed by atoms with Gasteiger partial charge in [-0.15, -0.1) is 0 Å². The highest BCUT2D eigenvalue weighted by Gasteiger charge is 1.84. The summed E-state index contributed by atoms with van der Waals surface area (Å²) in [4.78, 5) is 0. The first-order valence-electron chi connectivity index (χ1n) is 2.97. The molecular formula is C6H10N2O4S. The van der Waals surface area contributed by atoms with Crippen LogP contribution in [0.2, 0.25) is 0 Å². The van der Waals surface area contributed by atoms with Crippen LogP contribution >= 0.6 is 0 Å². The summed E-state index contributed by atoms with van der Waals surface area (Å²) >= 11 is 0. The first-order chi connectivity index (χ1) is 5.91. The van der Waals surface area contributed by atoms with Gasteiger partial charge in [-0.1, -0.05) is 11.8 Å². The summed E-state index contributed by atoms with van der Waals surface area (Å²) in [6.07, 6.45) is 0. The lowest BCUT2D eigenvalue weighted by Crippen LogP contribution is -1.93. The van der Waals surface area contributed by atoms with E-state index >= 15 is 0 Å². The lowest BCUT2D eigenvalue weighted by atomic mass is 10.5. The topological polar surface area (TPSA) is 127 Å². The SMILES string of the molecule is NCC#CC#CCN.O=S(=O)(O)O. The molecule has 0 rings (SSSR count). The summed E-state index contributed by atoms with van der Waals surface area (Å²) in [5, 5.41) is 0. The maximum Gasteiger partial charge on any atom is 0.394 e. The smallest absolute Gasteiger partial charge is 0.320 e. The van der Waals surface area contributed by atoms with Crippen LogP contribution in [-0.4, -0.2) is 30.6 Å². The van der Waals surface area contributed by atoms with Crippen molar-refractivity contribution in [2.75, 3.05) is 13.1 Å². The number of rotatable bonds is 0. The normalized spacial score (nSPS) is 8.00. The van der Waals surface area contributed by atoms with E-state index in [1.54, 1.807) is 0 Å². The molecule has 0 aromatic heterocycles. The molecule has 0 aliphatic heterocycles. The molecule has 0 aromatic rings. The fourth-order valence-electron chi connectivity index (χ4n) is 0.190.